The van der Waals surface area contributed by atoms with Gasteiger partial charge in [-0.3, -0.25) is 9.69 Å². The van der Waals surface area contributed by atoms with Gasteiger partial charge in [-0.2, -0.15) is 0 Å². The zero-order chi connectivity index (χ0) is 19.7. The monoisotopic (exact) mass is 383 g/mol. The fourth-order valence-corrected chi connectivity index (χ4v) is 4.80. The van der Waals surface area contributed by atoms with Gasteiger partial charge in [0.25, 0.3) is 0 Å². The smallest absolute Gasteiger partial charge is 0.312 e. The number of piperidine rings is 1. The van der Waals surface area contributed by atoms with Crippen molar-refractivity contribution in [2.45, 2.75) is 43.6 Å². The average Bonchev–Trinajstić information content (AvgIpc) is 2.96. The van der Waals surface area contributed by atoms with E-state index < -0.39 is 0 Å². The van der Waals surface area contributed by atoms with Crippen molar-refractivity contribution in [3.05, 3.63) is 71.5 Å². The Kier molecular flexibility index (Phi) is 5.47. The Bertz CT molecular complexity index is 810. The first-order valence-corrected chi connectivity index (χ1v) is 9.84. The van der Waals surface area contributed by atoms with Crippen molar-refractivity contribution in [1.82, 2.24) is 4.90 Å². The van der Waals surface area contributed by atoms with E-state index in [1.807, 2.05) is 30.3 Å². The molecule has 0 radical (unpaired) electrons. The van der Waals surface area contributed by atoms with Gasteiger partial charge in [-0.15, -0.1) is 0 Å². The van der Waals surface area contributed by atoms with Gasteiger partial charge in [-0.25, -0.2) is 4.39 Å². The van der Waals surface area contributed by atoms with Crippen LogP contribution < -0.4 is 0 Å². The highest BCUT2D eigenvalue weighted by molar-refractivity contribution is 5.74. The molecule has 0 aliphatic carbocycles. The summed E-state index contributed by atoms with van der Waals surface area (Å²) in [5.74, 6) is -0.811. The highest BCUT2D eigenvalue weighted by Crippen LogP contribution is 2.42. The van der Waals surface area contributed by atoms with E-state index in [9.17, 15) is 9.18 Å². The molecule has 28 heavy (non-hydrogen) atoms. The van der Waals surface area contributed by atoms with Crippen LogP contribution in [0.2, 0.25) is 0 Å². The Morgan fingerprint density at radius 2 is 1.75 bits per heavy atom. The minimum Gasteiger partial charge on any atom is -0.469 e. The maximum atomic E-state index is 13.5. The topological polar surface area (TPSA) is 38.8 Å². The molecule has 2 heterocycles. The summed E-state index contributed by atoms with van der Waals surface area (Å²) in [6.07, 6.45) is 2.24. The van der Waals surface area contributed by atoms with E-state index in [-0.39, 0.29) is 36.0 Å². The maximum absolute atomic E-state index is 13.5. The molecule has 4 rings (SSSR count). The predicted molar refractivity (Wildman–Crippen MR) is 104 cm³/mol. The highest BCUT2D eigenvalue weighted by atomic mass is 19.1. The van der Waals surface area contributed by atoms with Crippen LogP contribution in [-0.2, 0) is 14.3 Å². The normalized spacial score (nSPS) is 28.1. The average molecular weight is 383 g/mol. The molecule has 0 saturated carbocycles. The van der Waals surface area contributed by atoms with Gasteiger partial charge >= 0.3 is 5.97 Å². The predicted octanol–water partition coefficient (Wildman–Crippen LogP) is 3.96. The second kappa shape index (κ2) is 8.02. The molecule has 2 aliphatic rings. The molecule has 2 bridgehead atoms. The molecule has 3 unspecified atom stereocenters. The fourth-order valence-electron chi connectivity index (χ4n) is 4.80. The molecule has 2 fully saturated rings. The zero-order valence-electron chi connectivity index (χ0n) is 16.3. The zero-order valence-corrected chi connectivity index (χ0v) is 16.3. The van der Waals surface area contributed by atoms with Crippen LogP contribution in [0.15, 0.2) is 54.6 Å². The van der Waals surface area contributed by atoms with E-state index in [0.717, 1.165) is 30.4 Å². The summed E-state index contributed by atoms with van der Waals surface area (Å²) in [6.45, 7) is 0. The third-order valence-electron chi connectivity index (χ3n) is 6.27. The summed E-state index contributed by atoms with van der Waals surface area (Å²) in [6, 6.07) is 16.9. The molecule has 2 aromatic carbocycles. The highest BCUT2D eigenvalue weighted by Gasteiger charge is 2.50. The number of rotatable bonds is 5. The first kappa shape index (κ1) is 19.1. The number of halogens is 1. The number of esters is 1. The van der Waals surface area contributed by atoms with Gasteiger partial charge in [0.2, 0.25) is 0 Å². The lowest BCUT2D eigenvalue weighted by atomic mass is 9.87. The van der Waals surface area contributed by atoms with E-state index in [2.05, 4.69) is 11.9 Å². The summed E-state index contributed by atoms with van der Waals surface area (Å²) < 4.78 is 25.2. The summed E-state index contributed by atoms with van der Waals surface area (Å²) in [4.78, 5) is 14.9. The van der Waals surface area contributed by atoms with Crippen LogP contribution in [0.1, 0.15) is 36.5 Å². The van der Waals surface area contributed by atoms with Crippen molar-refractivity contribution >= 4 is 5.97 Å². The molecule has 0 N–H and O–H groups in total. The van der Waals surface area contributed by atoms with E-state index >= 15 is 0 Å². The van der Waals surface area contributed by atoms with Gasteiger partial charge < -0.3 is 9.47 Å². The van der Waals surface area contributed by atoms with Crippen LogP contribution >= 0.6 is 0 Å². The van der Waals surface area contributed by atoms with E-state index in [0.29, 0.717) is 6.04 Å². The Labute approximate surface area is 165 Å². The number of ether oxygens (including phenoxy) is 2. The van der Waals surface area contributed by atoms with Gasteiger partial charge in [0.1, 0.15) is 11.9 Å². The largest absolute Gasteiger partial charge is 0.469 e. The van der Waals surface area contributed by atoms with Crippen molar-refractivity contribution in [2.24, 2.45) is 5.92 Å². The number of fused-ring (bicyclic) bond motifs is 2. The summed E-state index contributed by atoms with van der Waals surface area (Å²) in [5.41, 5.74) is 1.87. The van der Waals surface area contributed by atoms with Crippen LogP contribution in [0.3, 0.4) is 0 Å². The van der Waals surface area contributed by atoms with Gasteiger partial charge in [0, 0.05) is 12.1 Å². The number of carbonyl (C=O) groups excluding carboxylic acids is 1. The number of carbonyl (C=O) groups is 1. The van der Waals surface area contributed by atoms with Gasteiger partial charge in [-0.05, 0) is 49.6 Å². The number of methoxy groups -OCH3 is 1. The Morgan fingerprint density at radius 3 is 2.43 bits per heavy atom. The first-order valence-electron chi connectivity index (χ1n) is 9.84. The fraction of sp³-hybridized carbons (Fsp3) is 0.435. The van der Waals surface area contributed by atoms with Crippen LogP contribution in [-0.4, -0.2) is 43.2 Å². The van der Waals surface area contributed by atoms with Crippen molar-refractivity contribution in [2.75, 3.05) is 14.2 Å². The summed E-state index contributed by atoms with van der Waals surface area (Å²) >= 11 is 0. The SMILES string of the molecule is COC(=O)[C@@H]1C2CCC(C[C@@H]1OC(c1ccccc1)c1ccc(F)cc1)N2C. The minimum atomic E-state index is -0.359. The molecule has 0 spiro atoms. The second-order valence-corrected chi connectivity index (χ2v) is 7.77. The van der Waals surface area contributed by atoms with E-state index in [1.54, 1.807) is 12.1 Å². The van der Waals surface area contributed by atoms with Crippen LogP contribution in [0, 0.1) is 11.7 Å². The molecule has 2 aliphatic heterocycles. The lowest BCUT2D eigenvalue weighted by Crippen LogP contribution is -2.53. The van der Waals surface area contributed by atoms with E-state index in [4.69, 9.17) is 9.47 Å². The maximum Gasteiger partial charge on any atom is 0.312 e. The minimum absolute atomic E-state index is 0.140. The Morgan fingerprint density at radius 1 is 1.07 bits per heavy atom. The summed E-state index contributed by atoms with van der Waals surface area (Å²) in [5, 5.41) is 0. The lowest BCUT2D eigenvalue weighted by molar-refractivity contribution is -0.162. The van der Waals surface area contributed by atoms with Crippen molar-refractivity contribution in [1.29, 1.82) is 0 Å². The molecule has 0 amide bonds. The van der Waals surface area contributed by atoms with Crippen molar-refractivity contribution in [3.63, 3.8) is 0 Å². The molecule has 148 valence electrons. The van der Waals surface area contributed by atoms with Gasteiger partial charge in [-0.1, -0.05) is 42.5 Å². The van der Waals surface area contributed by atoms with Crippen molar-refractivity contribution in [3.8, 4) is 0 Å². The van der Waals surface area contributed by atoms with Crippen LogP contribution in [0.4, 0.5) is 4.39 Å². The van der Waals surface area contributed by atoms with Gasteiger partial charge in [0.15, 0.2) is 0 Å². The number of hydrogen-bond acceptors (Lipinski definition) is 4. The second-order valence-electron chi connectivity index (χ2n) is 7.77. The summed E-state index contributed by atoms with van der Waals surface area (Å²) in [7, 11) is 3.53. The molecule has 5 heteroatoms. The van der Waals surface area contributed by atoms with Gasteiger partial charge in [0.05, 0.1) is 19.1 Å². The molecule has 5 atom stereocenters. The van der Waals surface area contributed by atoms with Crippen molar-refractivity contribution < 1.29 is 18.7 Å². The number of nitrogens with zero attached hydrogens (tertiary/aromatic N) is 1. The molecule has 2 saturated heterocycles. The Hall–Kier alpha value is -2.24. The lowest BCUT2D eigenvalue weighted by Gasteiger charge is -2.42. The molecule has 4 nitrogen and oxygen atoms in total. The molecular formula is C23H26FNO3. The molecule has 0 aromatic heterocycles. The third kappa shape index (κ3) is 3.56. The third-order valence-corrected chi connectivity index (χ3v) is 6.27. The number of hydrogen-bond donors (Lipinski definition) is 0. The van der Waals surface area contributed by atoms with Crippen LogP contribution in [0.25, 0.3) is 0 Å². The molecule has 2 aromatic rings. The first-order chi connectivity index (χ1) is 13.6. The molecular weight excluding hydrogens is 357 g/mol. The standard InChI is InChI=1S/C23H26FNO3/c1-25-18-12-13-19(25)21(23(26)27-2)20(14-18)28-22(15-6-4-3-5-7-15)16-8-10-17(24)11-9-16/h3-11,18-22H,12-14H2,1-2H3/t18?,19?,20-,21+,22?/m0/s1. The van der Waals surface area contributed by atoms with E-state index in [1.165, 1.54) is 19.2 Å². The Balaban J connectivity index is 1.67. The quantitative estimate of drug-likeness (QED) is 0.733. The van der Waals surface area contributed by atoms with Crippen LogP contribution in [0.5, 0.6) is 0 Å². The number of benzene rings is 2.